The zero-order valence-electron chi connectivity index (χ0n) is 17.9. The molecule has 1 aliphatic rings. The summed E-state index contributed by atoms with van der Waals surface area (Å²) in [4.78, 5) is 27.6. The lowest BCUT2D eigenvalue weighted by Crippen LogP contribution is -2.36. The van der Waals surface area contributed by atoms with Gasteiger partial charge in [0.2, 0.25) is 5.91 Å². The number of aromatic nitrogens is 3. The summed E-state index contributed by atoms with van der Waals surface area (Å²) in [6, 6.07) is 11.4. The van der Waals surface area contributed by atoms with Crippen LogP contribution in [-0.2, 0) is 18.3 Å². The molecule has 2 aromatic carbocycles. The molecule has 0 saturated carbocycles. The van der Waals surface area contributed by atoms with Crippen molar-refractivity contribution in [2.24, 2.45) is 7.05 Å². The number of hydrogen-bond acceptors (Lipinski definition) is 5. The Morgan fingerprint density at radius 1 is 1.19 bits per heavy atom. The number of rotatable bonds is 5. The first-order valence-electron chi connectivity index (χ1n) is 10.2. The van der Waals surface area contributed by atoms with Crippen LogP contribution in [0.1, 0.15) is 33.5 Å². The molecule has 1 aliphatic heterocycles. The van der Waals surface area contributed by atoms with Gasteiger partial charge in [0, 0.05) is 30.5 Å². The number of nitrogens with zero attached hydrogens (tertiary/aromatic N) is 4. The maximum Gasteiger partial charge on any atom is 0.258 e. The highest BCUT2D eigenvalue weighted by atomic mass is 32.2. The van der Waals surface area contributed by atoms with Crippen molar-refractivity contribution < 1.29 is 9.59 Å². The van der Waals surface area contributed by atoms with Gasteiger partial charge in [0.25, 0.3) is 5.91 Å². The third-order valence-corrected chi connectivity index (χ3v) is 6.37. The highest BCUT2D eigenvalue weighted by molar-refractivity contribution is 7.99. The number of benzene rings is 2. The number of carbonyl (C=O) groups excluding carboxylic acids is 2. The second kappa shape index (κ2) is 8.93. The Kier molecular flexibility index (Phi) is 6.08. The van der Waals surface area contributed by atoms with Gasteiger partial charge in [0.1, 0.15) is 6.33 Å². The van der Waals surface area contributed by atoms with Crippen molar-refractivity contribution in [2.75, 3.05) is 22.5 Å². The van der Waals surface area contributed by atoms with Crippen LogP contribution < -0.4 is 10.2 Å². The van der Waals surface area contributed by atoms with E-state index in [1.165, 1.54) is 22.9 Å². The first-order valence-corrected chi connectivity index (χ1v) is 11.2. The van der Waals surface area contributed by atoms with E-state index in [2.05, 4.69) is 41.5 Å². The van der Waals surface area contributed by atoms with Crippen LogP contribution in [0.15, 0.2) is 47.9 Å². The van der Waals surface area contributed by atoms with Crippen molar-refractivity contribution in [3.05, 3.63) is 65.0 Å². The predicted octanol–water partition coefficient (Wildman–Crippen LogP) is 3.76. The van der Waals surface area contributed by atoms with Crippen molar-refractivity contribution in [2.45, 2.75) is 31.8 Å². The minimum absolute atomic E-state index is 0.0458. The van der Waals surface area contributed by atoms with Crippen molar-refractivity contribution in [3.63, 3.8) is 0 Å². The number of aryl methyl sites for hydroxylation is 3. The van der Waals surface area contributed by atoms with E-state index in [1.807, 2.05) is 11.9 Å². The monoisotopic (exact) mass is 435 g/mol. The van der Waals surface area contributed by atoms with E-state index in [0.29, 0.717) is 23.0 Å². The summed E-state index contributed by atoms with van der Waals surface area (Å²) in [5, 5.41) is 11.3. The van der Waals surface area contributed by atoms with Crippen LogP contribution in [0.25, 0.3) is 0 Å². The molecule has 7 nitrogen and oxygen atoms in total. The third-order valence-electron chi connectivity index (χ3n) is 5.33. The lowest BCUT2D eigenvalue weighted by Gasteiger charge is -2.31. The summed E-state index contributed by atoms with van der Waals surface area (Å²) in [6.07, 6.45) is 3.53. The number of carbonyl (C=O) groups is 2. The van der Waals surface area contributed by atoms with Gasteiger partial charge in [0.05, 0.1) is 5.75 Å². The smallest absolute Gasteiger partial charge is 0.258 e. The molecule has 0 atom stereocenters. The van der Waals surface area contributed by atoms with Gasteiger partial charge >= 0.3 is 0 Å². The van der Waals surface area contributed by atoms with Crippen molar-refractivity contribution in [3.8, 4) is 0 Å². The summed E-state index contributed by atoms with van der Waals surface area (Å²) >= 11 is 1.31. The van der Waals surface area contributed by atoms with Gasteiger partial charge < -0.3 is 14.8 Å². The van der Waals surface area contributed by atoms with Gasteiger partial charge in [-0.05, 0) is 67.6 Å². The molecule has 3 aromatic rings. The van der Waals surface area contributed by atoms with Gasteiger partial charge in [-0.3, -0.25) is 9.59 Å². The molecule has 0 spiro atoms. The zero-order chi connectivity index (χ0) is 22.0. The summed E-state index contributed by atoms with van der Waals surface area (Å²) < 4.78 is 1.76. The highest BCUT2D eigenvalue weighted by Crippen LogP contribution is 2.32. The minimum Gasteiger partial charge on any atom is -0.325 e. The topological polar surface area (TPSA) is 80.1 Å². The van der Waals surface area contributed by atoms with Crippen LogP contribution in [0.5, 0.6) is 0 Å². The molecule has 0 aliphatic carbocycles. The highest BCUT2D eigenvalue weighted by Gasteiger charge is 2.25. The Morgan fingerprint density at radius 2 is 2.03 bits per heavy atom. The molecule has 0 saturated heterocycles. The Morgan fingerprint density at radius 3 is 2.81 bits per heavy atom. The average Bonchev–Trinajstić information content (AvgIpc) is 3.16. The molecular formula is C23H25N5O2S. The van der Waals surface area contributed by atoms with Crippen molar-refractivity contribution in [1.29, 1.82) is 0 Å². The van der Waals surface area contributed by atoms with Gasteiger partial charge in [-0.15, -0.1) is 10.2 Å². The summed E-state index contributed by atoms with van der Waals surface area (Å²) in [5.74, 6) is 0.00522. The number of nitrogens with one attached hydrogen (secondary N) is 1. The van der Waals surface area contributed by atoms with E-state index >= 15 is 0 Å². The number of hydrogen-bond donors (Lipinski definition) is 1. The first-order chi connectivity index (χ1) is 14.9. The van der Waals surface area contributed by atoms with Crippen LogP contribution in [0, 0.1) is 13.8 Å². The molecule has 0 radical (unpaired) electrons. The van der Waals surface area contributed by atoms with Gasteiger partial charge in [-0.25, -0.2) is 0 Å². The van der Waals surface area contributed by atoms with Crippen LogP contribution in [-0.4, -0.2) is 38.9 Å². The lowest BCUT2D eigenvalue weighted by molar-refractivity contribution is -0.113. The molecule has 4 rings (SSSR count). The second-order valence-corrected chi connectivity index (χ2v) is 8.72. The number of fused-ring (bicyclic) bond motifs is 1. The molecule has 2 heterocycles. The lowest BCUT2D eigenvalue weighted by atomic mass is 9.94. The minimum atomic E-state index is -0.160. The molecule has 0 bridgehead atoms. The molecule has 160 valence electrons. The molecular weight excluding hydrogens is 410 g/mol. The number of anilines is 2. The summed E-state index contributed by atoms with van der Waals surface area (Å²) in [7, 11) is 1.83. The maximum absolute atomic E-state index is 13.3. The van der Waals surface area contributed by atoms with E-state index in [0.717, 1.165) is 24.1 Å². The Hall–Kier alpha value is -3.13. The fourth-order valence-electron chi connectivity index (χ4n) is 3.90. The van der Waals surface area contributed by atoms with E-state index in [-0.39, 0.29) is 17.6 Å². The summed E-state index contributed by atoms with van der Waals surface area (Å²) in [6.45, 7) is 4.86. The Bertz CT molecular complexity index is 1140. The fourth-order valence-corrected chi connectivity index (χ4v) is 4.59. The van der Waals surface area contributed by atoms with Crippen LogP contribution in [0.2, 0.25) is 0 Å². The van der Waals surface area contributed by atoms with Crippen LogP contribution in [0.4, 0.5) is 11.4 Å². The molecule has 0 fully saturated rings. The second-order valence-electron chi connectivity index (χ2n) is 7.78. The van der Waals surface area contributed by atoms with Crippen LogP contribution >= 0.6 is 11.8 Å². The quantitative estimate of drug-likeness (QED) is 0.618. The fraction of sp³-hybridized carbons (Fsp3) is 0.304. The first kappa shape index (κ1) is 21.1. The molecule has 0 unspecified atom stereocenters. The van der Waals surface area contributed by atoms with Crippen molar-refractivity contribution >= 4 is 35.0 Å². The number of amides is 2. The third kappa shape index (κ3) is 4.64. The summed E-state index contributed by atoms with van der Waals surface area (Å²) in [5.41, 5.74) is 5.79. The number of thioether (sulfide) groups is 1. The average molecular weight is 436 g/mol. The van der Waals surface area contributed by atoms with Crippen molar-refractivity contribution in [1.82, 2.24) is 14.8 Å². The van der Waals surface area contributed by atoms with Gasteiger partial charge in [0.15, 0.2) is 5.16 Å². The van der Waals surface area contributed by atoms with E-state index in [1.54, 1.807) is 35.2 Å². The Balaban J connectivity index is 1.48. The molecule has 8 heteroatoms. The van der Waals surface area contributed by atoms with Gasteiger partial charge in [-0.2, -0.15) is 0 Å². The van der Waals surface area contributed by atoms with E-state index in [9.17, 15) is 9.59 Å². The molecule has 2 amide bonds. The molecule has 31 heavy (non-hydrogen) atoms. The maximum atomic E-state index is 13.3. The predicted molar refractivity (Wildman–Crippen MR) is 123 cm³/mol. The SMILES string of the molecule is Cc1cc(C)c2c(c1)N(C(=O)c1cccc(NC(=O)CSc3nncn3C)c1)CCC2. The molecule has 1 N–H and O–H groups in total. The van der Waals surface area contributed by atoms with E-state index < -0.39 is 0 Å². The van der Waals surface area contributed by atoms with Crippen LogP contribution in [0.3, 0.4) is 0 Å². The van der Waals surface area contributed by atoms with Gasteiger partial charge in [-0.1, -0.05) is 23.9 Å². The normalized spacial score (nSPS) is 13.1. The van der Waals surface area contributed by atoms with E-state index in [4.69, 9.17) is 0 Å². The standard InChI is InChI=1S/C23H25N5O2S/c1-15-10-16(2)19-8-5-9-28(20(19)11-15)22(30)17-6-4-7-18(12-17)25-21(29)13-31-23-26-24-14-27(23)3/h4,6-7,10-12,14H,5,8-9,13H2,1-3H3,(H,25,29). The largest absolute Gasteiger partial charge is 0.325 e. The Labute approximate surface area is 185 Å². The zero-order valence-corrected chi connectivity index (χ0v) is 18.7. The molecule has 1 aromatic heterocycles.